The fraction of sp³-hybridized carbons (Fsp3) is 0. The summed E-state index contributed by atoms with van der Waals surface area (Å²) >= 11 is 6.70. The van der Waals surface area contributed by atoms with Gasteiger partial charge in [-0.3, -0.25) is 14.9 Å². The number of rotatable bonds is 4. The second-order valence-electron chi connectivity index (χ2n) is 5.12. The Balaban J connectivity index is 1.79. The number of hydrazone groups is 1. The Hall–Kier alpha value is -2.72. The summed E-state index contributed by atoms with van der Waals surface area (Å²) in [5, 5.41) is 24.9. The first-order valence-corrected chi connectivity index (χ1v) is 8.63. The molecule has 0 bridgehead atoms. The molecule has 0 saturated heterocycles. The first-order valence-electron chi connectivity index (χ1n) is 7.04. The van der Waals surface area contributed by atoms with Crippen LogP contribution in [0.3, 0.4) is 0 Å². The summed E-state index contributed by atoms with van der Waals surface area (Å²) in [7, 11) is 0. The molecule has 3 rings (SSSR count). The molecule has 0 aliphatic heterocycles. The van der Waals surface area contributed by atoms with E-state index in [-0.39, 0.29) is 22.8 Å². The Labute approximate surface area is 162 Å². The van der Waals surface area contributed by atoms with E-state index in [1.807, 2.05) is 0 Å². The smallest absolute Gasteiger partial charge is 0.307 e. The van der Waals surface area contributed by atoms with Crippen molar-refractivity contribution in [1.29, 1.82) is 0 Å². The van der Waals surface area contributed by atoms with Gasteiger partial charge in [0.15, 0.2) is 5.76 Å². The maximum atomic E-state index is 12.1. The van der Waals surface area contributed by atoms with Crippen LogP contribution < -0.4 is 5.43 Å². The quantitative estimate of drug-likeness (QED) is 0.326. The normalized spacial score (nSPS) is 11.2. The third kappa shape index (κ3) is 3.75. The summed E-state index contributed by atoms with van der Waals surface area (Å²) in [6, 6.07) is 8.62. The first kappa shape index (κ1) is 18.1. The van der Waals surface area contributed by atoms with Crippen LogP contribution in [-0.4, -0.2) is 22.2 Å². The van der Waals surface area contributed by atoms with E-state index in [9.17, 15) is 20.0 Å². The topological polar surface area (TPSA) is 118 Å². The van der Waals surface area contributed by atoms with Crippen molar-refractivity contribution in [2.24, 2.45) is 5.10 Å². The number of amides is 1. The van der Waals surface area contributed by atoms with Gasteiger partial charge in [0.05, 0.1) is 15.6 Å². The summed E-state index contributed by atoms with van der Waals surface area (Å²) in [4.78, 5) is 22.3. The number of nitrogens with one attached hydrogen (secondary N) is 1. The molecule has 0 spiro atoms. The fourth-order valence-electron chi connectivity index (χ4n) is 2.16. The van der Waals surface area contributed by atoms with Crippen LogP contribution in [0.4, 0.5) is 5.69 Å². The van der Waals surface area contributed by atoms with E-state index in [0.29, 0.717) is 10.1 Å². The minimum Gasteiger partial charge on any atom is -0.507 e. The van der Waals surface area contributed by atoms with Crippen LogP contribution >= 0.6 is 31.9 Å². The SMILES string of the molecule is O=C(N/N=C\c1cc([N+](=O)[O-])ccc1O)c1cc2cc(Br)cc(Br)c2o1. The number of aromatic hydroxyl groups is 1. The van der Waals surface area contributed by atoms with Gasteiger partial charge in [-0.25, -0.2) is 5.43 Å². The fourth-order valence-corrected chi connectivity index (χ4v) is 3.50. The lowest BCUT2D eigenvalue weighted by atomic mass is 10.2. The van der Waals surface area contributed by atoms with Crippen LogP contribution in [0.5, 0.6) is 5.75 Å². The molecule has 2 aromatic carbocycles. The summed E-state index contributed by atoms with van der Waals surface area (Å²) in [6.07, 6.45) is 1.11. The monoisotopic (exact) mass is 481 g/mol. The largest absolute Gasteiger partial charge is 0.507 e. The number of nitro groups is 1. The van der Waals surface area contributed by atoms with Crippen molar-refractivity contribution in [2.45, 2.75) is 0 Å². The molecule has 1 heterocycles. The summed E-state index contributed by atoms with van der Waals surface area (Å²) in [5.41, 5.74) is 2.65. The third-order valence-corrected chi connectivity index (χ3v) is 4.40. The van der Waals surface area contributed by atoms with Crippen molar-refractivity contribution in [1.82, 2.24) is 5.43 Å². The Morgan fingerprint density at radius 1 is 1.27 bits per heavy atom. The van der Waals surface area contributed by atoms with Crippen molar-refractivity contribution in [2.75, 3.05) is 0 Å². The molecule has 8 nitrogen and oxygen atoms in total. The van der Waals surface area contributed by atoms with Gasteiger partial charge in [0.2, 0.25) is 0 Å². The molecule has 26 heavy (non-hydrogen) atoms. The number of hydrogen-bond donors (Lipinski definition) is 2. The second-order valence-corrected chi connectivity index (χ2v) is 6.89. The Morgan fingerprint density at radius 2 is 2.04 bits per heavy atom. The highest BCUT2D eigenvalue weighted by atomic mass is 79.9. The molecule has 0 aliphatic carbocycles. The lowest BCUT2D eigenvalue weighted by molar-refractivity contribution is -0.384. The highest BCUT2D eigenvalue weighted by Gasteiger charge is 2.14. The molecule has 0 unspecified atom stereocenters. The molecule has 0 radical (unpaired) electrons. The molecule has 3 aromatic rings. The zero-order valence-corrected chi connectivity index (χ0v) is 15.9. The second kappa shape index (κ2) is 7.26. The molecule has 0 atom stereocenters. The van der Waals surface area contributed by atoms with Gasteiger partial charge in [0, 0.05) is 27.6 Å². The van der Waals surface area contributed by atoms with E-state index in [1.165, 1.54) is 6.07 Å². The number of nitrogens with zero attached hydrogens (tertiary/aromatic N) is 2. The molecule has 0 aliphatic rings. The van der Waals surface area contributed by atoms with Crippen LogP contribution in [0.15, 0.2) is 54.9 Å². The molecule has 10 heteroatoms. The number of carbonyl (C=O) groups is 1. The number of carbonyl (C=O) groups excluding carboxylic acids is 1. The number of halogens is 2. The molecule has 1 amide bonds. The van der Waals surface area contributed by atoms with Crippen LogP contribution in [0, 0.1) is 10.1 Å². The summed E-state index contributed by atoms with van der Waals surface area (Å²) in [5.74, 6) is -0.768. The minimum atomic E-state index is -0.606. The van der Waals surface area contributed by atoms with Gasteiger partial charge in [-0.05, 0) is 40.2 Å². The number of phenolic OH excluding ortho intramolecular Hbond substituents is 1. The van der Waals surface area contributed by atoms with Crippen molar-refractivity contribution in [3.05, 3.63) is 66.8 Å². The number of hydrogen-bond acceptors (Lipinski definition) is 6. The predicted octanol–water partition coefficient (Wildman–Crippen LogP) is 4.34. The molecular formula is C16H9Br2N3O5. The van der Waals surface area contributed by atoms with E-state index in [2.05, 4.69) is 42.4 Å². The zero-order valence-electron chi connectivity index (χ0n) is 12.8. The van der Waals surface area contributed by atoms with Crippen LogP contribution in [0.25, 0.3) is 11.0 Å². The van der Waals surface area contributed by atoms with E-state index < -0.39 is 10.8 Å². The lowest BCUT2D eigenvalue weighted by Gasteiger charge is -1.99. The van der Waals surface area contributed by atoms with Crippen LogP contribution in [0.2, 0.25) is 0 Å². The maximum Gasteiger partial charge on any atom is 0.307 e. The first-order chi connectivity index (χ1) is 12.3. The molecular weight excluding hydrogens is 474 g/mol. The van der Waals surface area contributed by atoms with Crippen molar-refractivity contribution in [3.8, 4) is 5.75 Å². The number of fused-ring (bicyclic) bond motifs is 1. The molecule has 1 aromatic heterocycles. The van der Waals surface area contributed by atoms with Crippen molar-refractivity contribution in [3.63, 3.8) is 0 Å². The van der Waals surface area contributed by atoms with Gasteiger partial charge < -0.3 is 9.52 Å². The number of non-ortho nitro benzene ring substituents is 1. The van der Waals surface area contributed by atoms with E-state index >= 15 is 0 Å². The van der Waals surface area contributed by atoms with Gasteiger partial charge in [-0.15, -0.1) is 0 Å². The standard InChI is InChI=1S/C16H9Br2N3O5/c17-10-3-8-5-14(26-15(8)12(18)6-10)16(23)20-19-7-9-4-11(21(24)25)1-2-13(9)22/h1-7,22H,(H,20,23)/b19-7-. The maximum absolute atomic E-state index is 12.1. The van der Waals surface area contributed by atoms with Crippen molar-refractivity contribution < 1.29 is 19.2 Å². The minimum absolute atomic E-state index is 0.0409. The lowest BCUT2D eigenvalue weighted by Crippen LogP contribution is -2.16. The predicted molar refractivity (Wildman–Crippen MR) is 101 cm³/mol. The highest BCUT2D eigenvalue weighted by molar-refractivity contribution is 9.11. The average Bonchev–Trinajstić information content (AvgIpc) is 3.00. The molecule has 2 N–H and O–H groups in total. The molecule has 132 valence electrons. The molecule has 0 saturated carbocycles. The Morgan fingerprint density at radius 3 is 2.77 bits per heavy atom. The third-order valence-electron chi connectivity index (χ3n) is 3.35. The number of benzene rings is 2. The van der Waals surface area contributed by atoms with Gasteiger partial charge in [0.25, 0.3) is 5.69 Å². The van der Waals surface area contributed by atoms with E-state index in [1.54, 1.807) is 18.2 Å². The molecule has 0 fully saturated rings. The summed E-state index contributed by atoms with van der Waals surface area (Å²) < 4.78 is 7.01. The zero-order chi connectivity index (χ0) is 18.8. The van der Waals surface area contributed by atoms with Gasteiger partial charge in [0.1, 0.15) is 11.3 Å². The van der Waals surface area contributed by atoms with Crippen LogP contribution in [0.1, 0.15) is 16.1 Å². The van der Waals surface area contributed by atoms with E-state index in [4.69, 9.17) is 4.42 Å². The Kier molecular flexibility index (Phi) is 5.05. The highest BCUT2D eigenvalue weighted by Crippen LogP contribution is 2.31. The number of phenols is 1. The van der Waals surface area contributed by atoms with Gasteiger partial charge in [-0.2, -0.15) is 5.10 Å². The summed E-state index contributed by atoms with van der Waals surface area (Å²) in [6.45, 7) is 0. The van der Waals surface area contributed by atoms with Gasteiger partial charge in [-0.1, -0.05) is 15.9 Å². The Bertz CT molecular complexity index is 1060. The number of furan rings is 1. The van der Waals surface area contributed by atoms with E-state index in [0.717, 1.165) is 28.2 Å². The van der Waals surface area contributed by atoms with Crippen molar-refractivity contribution >= 4 is 60.6 Å². The number of nitro benzene ring substituents is 1. The average molecular weight is 483 g/mol. The van der Waals surface area contributed by atoms with Crippen LogP contribution in [-0.2, 0) is 0 Å². The van der Waals surface area contributed by atoms with Gasteiger partial charge >= 0.3 is 5.91 Å².